The van der Waals surface area contributed by atoms with E-state index >= 15 is 0 Å². The fourth-order valence-electron chi connectivity index (χ4n) is 2.32. The first-order valence-corrected chi connectivity index (χ1v) is 7.63. The first kappa shape index (κ1) is 15.5. The van der Waals surface area contributed by atoms with E-state index in [1.807, 2.05) is 31.3 Å². The van der Waals surface area contributed by atoms with Crippen LogP contribution in [-0.4, -0.2) is 18.1 Å². The fraction of sp³-hybridized carbons (Fsp3) is 0.389. The number of nitrogens with one attached hydrogen (secondary N) is 1. The number of pyridine rings is 1. The SMILES string of the molecule is CCCNC(c1ccc(OCC)cc1)c1cc(C)ccn1. The Labute approximate surface area is 127 Å². The van der Waals surface area contributed by atoms with Gasteiger partial charge < -0.3 is 10.1 Å². The number of nitrogens with zero attached hydrogens (tertiary/aromatic N) is 1. The summed E-state index contributed by atoms with van der Waals surface area (Å²) in [6, 6.07) is 12.6. The first-order chi connectivity index (χ1) is 10.2. The monoisotopic (exact) mass is 284 g/mol. The van der Waals surface area contributed by atoms with Gasteiger partial charge in [-0.3, -0.25) is 4.98 Å². The van der Waals surface area contributed by atoms with Gasteiger partial charge in [-0.1, -0.05) is 19.1 Å². The Kier molecular flexibility index (Phi) is 5.76. The number of aryl methyl sites for hydroxylation is 1. The second-order valence-electron chi connectivity index (χ2n) is 5.15. The highest BCUT2D eigenvalue weighted by Crippen LogP contribution is 2.23. The minimum absolute atomic E-state index is 0.125. The van der Waals surface area contributed by atoms with Crippen molar-refractivity contribution in [2.75, 3.05) is 13.2 Å². The van der Waals surface area contributed by atoms with E-state index in [0.29, 0.717) is 6.61 Å². The van der Waals surface area contributed by atoms with Crippen LogP contribution in [0.4, 0.5) is 0 Å². The van der Waals surface area contributed by atoms with Crippen molar-refractivity contribution in [3.8, 4) is 5.75 Å². The normalized spacial score (nSPS) is 12.1. The van der Waals surface area contributed by atoms with E-state index in [9.17, 15) is 0 Å². The highest BCUT2D eigenvalue weighted by Gasteiger charge is 2.14. The van der Waals surface area contributed by atoms with Gasteiger partial charge in [0.15, 0.2) is 0 Å². The molecule has 0 fully saturated rings. The van der Waals surface area contributed by atoms with Crippen LogP contribution in [0.15, 0.2) is 42.6 Å². The lowest BCUT2D eigenvalue weighted by Crippen LogP contribution is -2.24. The van der Waals surface area contributed by atoms with Gasteiger partial charge in [0, 0.05) is 6.20 Å². The summed E-state index contributed by atoms with van der Waals surface area (Å²) in [6.07, 6.45) is 2.97. The number of hydrogen-bond acceptors (Lipinski definition) is 3. The third kappa shape index (κ3) is 4.30. The minimum Gasteiger partial charge on any atom is -0.494 e. The molecule has 0 aliphatic rings. The van der Waals surface area contributed by atoms with Crippen LogP contribution < -0.4 is 10.1 Å². The van der Waals surface area contributed by atoms with Gasteiger partial charge in [-0.15, -0.1) is 0 Å². The van der Waals surface area contributed by atoms with Crippen molar-refractivity contribution in [3.05, 3.63) is 59.4 Å². The van der Waals surface area contributed by atoms with Crippen molar-refractivity contribution in [1.29, 1.82) is 0 Å². The average Bonchev–Trinajstić information content (AvgIpc) is 2.50. The molecule has 21 heavy (non-hydrogen) atoms. The molecule has 3 heteroatoms. The van der Waals surface area contributed by atoms with E-state index in [4.69, 9.17) is 4.74 Å². The molecular weight excluding hydrogens is 260 g/mol. The summed E-state index contributed by atoms with van der Waals surface area (Å²) in [4.78, 5) is 4.53. The molecule has 0 spiro atoms. The van der Waals surface area contributed by atoms with Crippen LogP contribution in [0.5, 0.6) is 5.75 Å². The predicted molar refractivity (Wildman–Crippen MR) is 86.7 cm³/mol. The summed E-state index contributed by atoms with van der Waals surface area (Å²) in [5.41, 5.74) is 3.51. The molecule has 0 aliphatic heterocycles. The van der Waals surface area contributed by atoms with Gasteiger partial charge in [0.2, 0.25) is 0 Å². The maximum Gasteiger partial charge on any atom is 0.119 e. The van der Waals surface area contributed by atoms with E-state index in [2.05, 4.69) is 42.3 Å². The Bertz CT molecular complexity index is 551. The largest absolute Gasteiger partial charge is 0.494 e. The molecule has 3 nitrogen and oxygen atoms in total. The molecule has 0 radical (unpaired) electrons. The Morgan fingerprint density at radius 3 is 2.52 bits per heavy atom. The quantitative estimate of drug-likeness (QED) is 0.838. The number of aromatic nitrogens is 1. The number of benzene rings is 1. The Morgan fingerprint density at radius 2 is 1.90 bits per heavy atom. The summed E-state index contributed by atoms with van der Waals surface area (Å²) >= 11 is 0. The summed E-state index contributed by atoms with van der Waals surface area (Å²) in [7, 11) is 0. The van der Waals surface area contributed by atoms with Crippen LogP contribution >= 0.6 is 0 Å². The Morgan fingerprint density at radius 1 is 1.14 bits per heavy atom. The van der Waals surface area contributed by atoms with Gasteiger partial charge in [-0.05, 0) is 62.2 Å². The molecule has 0 amide bonds. The highest BCUT2D eigenvalue weighted by molar-refractivity contribution is 5.34. The molecule has 0 bridgehead atoms. The molecule has 1 atom stereocenters. The van der Waals surface area contributed by atoms with Gasteiger partial charge in [0.05, 0.1) is 18.3 Å². The second-order valence-corrected chi connectivity index (χ2v) is 5.15. The zero-order valence-corrected chi connectivity index (χ0v) is 13.1. The van der Waals surface area contributed by atoms with Crippen LogP contribution in [-0.2, 0) is 0 Å². The van der Waals surface area contributed by atoms with Crippen molar-refractivity contribution in [1.82, 2.24) is 10.3 Å². The van der Waals surface area contributed by atoms with Crippen molar-refractivity contribution < 1.29 is 4.74 Å². The van der Waals surface area contributed by atoms with Gasteiger partial charge in [-0.25, -0.2) is 0 Å². The molecule has 1 N–H and O–H groups in total. The zero-order valence-electron chi connectivity index (χ0n) is 13.1. The smallest absolute Gasteiger partial charge is 0.119 e. The topological polar surface area (TPSA) is 34.1 Å². The average molecular weight is 284 g/mol. The maximum absolute atomic E-state index is 5.51. The van der Waals surface area contributed by atoms with Crippen LogP contribution in [0.25, 0.3) is 0 Å². The molecular formula is C18H24N2O. The molecule has 1 aromatic heterocycles. The lowest BCUT2D eigenvalue weighted by Gasteiger charge is -2.19. The summed E-state index contributed by atoms with van der Waals surface area (Å²) in [6.45, 7) is 7.92. The molecule has 1 unspecified atom stereocenters. The van der Waals surface area contributed by atoms with E-state index in [1.54, 1.807) is 0 Å². The molecule has 0 aliphatic carbocycles. The van der Waals surface area contributed by atoms with E-state index in [0.717, 1.165) is 24.4 Å². The minimum atomic E-state index is 0.125. The van der Waals surface area contributed by atoms with Crippen LogP contribution in [0, 0.1) is 6.92 Å². The van der Waals surface area contributed by atoms with E-state index in [-0.39, 0.29) is 6.04 Å². The summed E-state index contributed by atoms with van der Waals surface area (Å²) < 4.78 is 5.51. The zero-order chi connectivity index (χ0) is 15.1. The van der Waals surface area contributed by atoms with Gasteiger partial charge in [0.25, 0.3) is 0 Å². The maximum atomic E-state index is 5.51. The van der Waals surface area contributed by atoms with E-state index < -0.39 is 0 Å². The van der Waals surface area contributed by atoms with Crippen LogP contribution in [0.3, 0.4) is 0 Å². The lowest BCUT2D eigenvalue weighted by atomic mass is 10.0. The highest BCUT2D eigenvalue weighted by atomic mass is 16.5. The molecule has 1 aromatic carbocycles. The van der Waals surface area contributed by atoms with Crippen molar-refractivity contribution >= 4 is 0 Å². The van der Waals surface area contributed by atoms with Gasteiger partial charge in [0.1, 0.15) is 5.75 Å². The van der Waals surface area contributed by atoms with Crippen molar-refractivity contribution in [2.45, 2.75) is 33.2 Å². The third-order valence-electron chi connectivity index (χ3n) is 3.36. The second kappa shape index (κ2) is 7.79. The lowest BCUT2D eigenvalue weighted by molar-refractivity contribution is 0.340. The predicted octanol–water partition coefficient (Wildman–Crippen LogP) is 3.88. The molecule has 2 rings (SSSR count). The third-order valence-corrected chi connectivity index (χ3v) is 3.36. The van der Waals surface area contributed by atoms with Crippen LogP contribution in [0.1, 0.15) is 43.1 Å². The summed E-state index contributed by atoms with van der Waals surface area (Å²) in [5.74, 6) is 0.910. The standard InChI is InChI=1S/C18H24N2O/c1-4-11-20-18(17-13-14(3)10-12-19-17)15-6-8-16(9-7-15)21-5-2/h6-10,12-13,18,20H,4-5,11H2,1-3H3. The molecule has 112 valence electrons. The fourth-order valence-corrected chi connectivity index (χ4v) is 2.32. The number of hydrogen-bond donors (Lipinski definition) is 1. The summed E-state index contributed by atoms with van der Waals surface area (Å²) in [5, 5.41) is 3.58. The number of rotatable bonds is 7. The Hall–Kier alpha value is -1.87. The molecule has 0 saturated heterocycles. The van der Waals surface area contributed by atoms with Crippen molar-refractivity contribution in [3.63, 3.8) is 0 Å². The van der Waals surface area contributed by atoms with Gasteiger partial charge >= 0.3 is 0 Å². The molecule has 2 aromatic rings. The van der Waals surface area contributed by atoms with E-state index in [1.165, 1.54) is 11.1 Å². The molecule has 0 saturated carbocycles. The van der Waals surface area contributed by atoms with Crippen LogP contribution in [0.2, 0.25) is 0 Å². The number of ether oxygens (including phenoxy) is 1. The Balaban J connectivity index is 2.26. The van der Waals surface area contributed by atoms with Crippen molar-refractivity contribution in [2.24, 2.45) is 0 Å². The molecule has 1 heterocycles. The van der Waals surface area contributed by atoms with Gasteiger partial charge in [-0.2, -0.15) is 0 Å². The first-order valence-electron chi connectivity index (χ1n) is 7.63.